The van der Waals surface area contributed by atoms with E-state index in [9.17, 15) is 9.59 Å². The Morgan fingerprint density at radius 3 is 0.773 bits per heavy atom. The van der Waals surface area contributed by atoms with Crippen LogP contribution < -0.4 is 10.6 Å². The molecule has 0 radical (unpaired) electrons. The van der Waals surface area contributed by atoms with Crippen LogP contribution in [0.2, 0.25) is 0 Å². The Labute approximate surface area is 407 Å². The fraction of sp³-hybridized carbons (Fsp3) is 0.387. The van der Waals surface area contributed by atoms with Gasteiger partial charge in [0.2, 0.25) is 11.8 Å². The summed E-state index contributed by atoms with van der Waals surface area (Å²) in [7, 11) is 0. The lowest BCUT2D eigenvalue weighted by Gasteiger charge is -2.17. The van der Waals surface area contributed by atoms with E-state index in [0.29, 0.717) is 0 Å². The van der Waals surface area contributed by atoms with Gasteiger partial charge in [0.05, 0.1) is 11.8 Å². The Bertz CT molecular complexity index is 1680. The summed E-state index contributed by atoms with van der Waals surface area (Å²) in [5.74, 6) is -0.147. The average molecular weight is 899 g/mol. The van der Waals surface area contributed by atoms with Crippen LogP contribution in [-0.2, 0) is 22.4 Å². The number of aryl methyl sites for hydroxylation is 2. The van der Waals surface area contributed by atoms with Gasteiger partial charge in [-0.25, -0.2) is 0 Å². The van der Waals surface area contributed by atoms with Crippen molar-refractivity contribution in [2.75, 3.05) is 10.6 Å². The van der Waals surface area contributed by atoms with Crippen molar-refractivity contribution in [3.8, 4) is 0 Å². The zero-order valence-electron chi connectivity index (χ0n) is 44.5. The van der Waals surface area contributed by atoms with E-state index in [4.69, 9.17) is 0 Å². The van der Waals surface area contributed by atoms with E-state index >= 15 is 0 Å². The van der Waals surface area contributed by atoms with E-state index in [2.05, 4.69) is 59.2 Å². The highest BCUT2D eigenvalue weighted by Crippen LogP contribution is 2.26. The summed E-state index contributed by atoms with van der Waals surface area (Å²) in [4.78, 5) is 25.7. The van der Waals surface area contributed by atoms with Crippen LogP contribution in [0.15, 0.2) is 182 Å². The summed E-state index contributed by atoms with van der Waals surface area (Å²) in [5.41, 5.74) is 6.47. The summed E-state index contributed by atoms with van der Waals surface area (Å²) < 4.78 is 0. The average Bonchev–Trinajstić information content (AvgIpc) is 3.43. The number of hydrogen-bond donors (Lipinski definition) is 2. The smallest absolute Gasteiger partial charge is 0.231 e. The molecule has 6 aromatic rings. The van der Waals surface area contributed by atoms with Crippen LogP contribution >= 0.6 is 0 Å². The monoisotopic (exact) mass is 899 g/mol. The van der Waals surface area contributed by atoms with Gasteiger partial charge in [-0.3, -0.25) is 9.59 Å². The molecular weight excluding hydrogens is 805 g/mol. The fourth-order valence-electron chi connectivity index (χ4n) is 6.08. The predicted molar refractivity (Wildman–Crippen MR) is 298 cm³/mol. The molecule has 364 valence electrons. The molecule has 4 nitrogen and oxygen atoms in total. The molecule has 2 N–H and O–H groups in total. The summed E-state index contributed by atoms with van der Waals surface area (Å²) in [6, 6.07) is 60.3. The van der Waals surface area contributed by atoms with Crippen molar-refractivity contribution < 1.29 is 9.59 Å². The maximum Gasteiger partial charge on any atom is 0.231 e. The van der Waals surface area contributed by atoms with Gasteiger partial charge in [-0.2, -0.15) is 0 Å². The van der Waals surface area contributed by atoms with E-state index in [0.717, 1.165) is 61.0 Å². The molecule has 0 bridgehead atoms. The van der Waals surface area contributed by atoms with E-state index in [1.165, 1.54) is 11.1 Å². The molecule has 0 saturated heterocycles. The van der Waals surface area contributed by atoms with Gasteiger partial charge < -0.3 is 10.6 Å². The number of nitrogens with one attached hydrogen (secondary N) is 2. The number of hydrogen-bond acceptors (Lipinski definition) is 2. The highest BCUT2D eigenvalue weighted by molar-refractivity contribution is 5.96. The van der Waals surface area contributed by atoms with E-state index in [1.807, 2.05) is 244 Å². The van der Waals surface area contributed by atoms with Crippen LogP contribution in [0.1, 0.15) is 171 Å². The maximum atomic E-state index is 12.8. The van der Waals surface area contributed by atoms with Crippen LogP contribution in [0.25, 0.3) is 0 Å². The molecule has 66 heavy (non-hydrogen) atoms. The van der Waals surface area contributed by atoms with Gasteiger partial charge >= 0.3 is 0 Å². The third-order valence-electron chi connectivity index (χ3n) is 8.72. The largest absolute Gasteiger partial charge is 0.326 e. The van der Waals surface area contributed by atoms with Gasteiger partial charge in [0.25, 0.3) is 0 Å². The lowest BCUT2D eigenvalue weighted by molar-refractivity contribution is -0.118. The SMILES string of the molecule is CC.CC.CC.CC.CC.CC.CC.CC.O=C(Nc1ccccc1)[C@@H](CCCc1ccccc1)c1ccccc1.O=C(Nc1ccccc1)[C@H](CCCc1ccccc1)c1ccccc1. The van der Waals surface area contributed by atoms with Crippen LogP contribution in [0.5, 0.6) is 0 Å². The Kier molecular flexibility index (Phi) is 52.6. The minimum absolute atomic E-state index is 0.0606. The van der Waals surface area contributed by atoms with E-state index < -0.39 is 0 Å². The molecule has 0 aliphatic carbocycles. The van der Waals surface area contributed by atoms with Gasteiger partial charge in [0, 0.05) is 11.4 Å². The first-order chi connectivity index (χ1) is 32.7. The molecule has 0 saturated carbocycles. The summed E-state index contributed by atoms with van der Waals surface area (Å²) >= 11 is 0. The predicted octanol–water partition coefficient (Wildman–Crippen LogP) is 19.1. The number of amides is 2. The molecule has 0 spiro atoms. The molecule has 0 unspecified atom stereocenters. The summed E-state index contributed by atoms with van der Waals surface area (Å²) in [6.45, 7) is 32.0. The molecular formula is C62H94N2O2. The van der Waals surface area contributed by atoms with Crippen molar-refractivity contribution in [3.05, 3.63) is 204 Å². The first-order valence-corrected chi connectivity index (χ1v) is 25.6. The molecule has 0 aromatic heterocycles. The highest BCUT2D eigenvalue weighted by Gasteiger charge is 2.21. The van der Waals surface area contributed by atoms with Crippen LogP contribution in [-0.4, -0.2) is 11.8 Å². The second-order valence-corrected chi connectivity index (χ2v) is 12.4. The van der Waals surface area contributed by atoms with Gasteiger partial charge in [-0.1, -0.05) is 269 Å². The van der Waals surface area contributed by atoms with Crippen LogP contribution in [0.4, 0.5) is 11.4 Å². The normalized spacial score (nSPS) is 9.58. The van der Waals surface area contributed by atoms with Crippen molar-refractivity contribution in [1.82, 2.24) is 0 Å². The van der Waals surface area contributed by atoms with Gasteiger partial charge in [-0.05, 0) is 85.0 Å². The van der Waals surface area contributed by atoms with Crippen molar-refractivity contribution in [3.63, 3.8) is 0 Å². The Balaban J connectivity index is -0.000000447. The standard InChI is InChI=1S/2C23H23NO.8C2H6/c2*25-23(24-21-16-8-3-9-17-21)22(20-14-6-2-7-15-20)18-10-13-19-11-4-1-5-12-19;8*1-2/h2*1-9,11-12,14-17,22H,10,13,18H2,(H,24,25);8*1-2H3/t2*22-;;;;;;;;/m10......../s1. The maximum absolute atomic E-state index is 12.8. The van der Waals surface area contributed by atoms with E-state index in [-0.39, 0.29) is 23.7 Å². The van der Waals surface area contributed by atoms with Crippen molar-refractivity contribution in [2.45, 2.75) is 161 Å². The van der Waals surface area contributed by atoms with Crippen LogP contribution in [0, 0.1) is 0 Å². The second kappa shape index (κ2) is 51.9. The third kappa shape index (κ3) is 31.2. The molecule has 2 amide bonds. The first-order valence-electron chi connectivity index (χ1n) is 25.6. The molecule has 0 aliphatic heterocycles. The van der Waals surface area contributed by atoms with E-state index in [1.54, 1.807) is 0 Å². The van der Waals surface area contributed by atoms with Crippen molar-refractivity contribution in [2.24, 2.45) is 0 Å². The second-order valence-electron chi connectivity index (χ2n) is 12.4. The zero-order valence-corrected chi connectivity index (χ0v) is 44.5. The number of benzene rings is 6. The van der Waals surface area contributed by atoms with Gasteiger partial charge in [-0.15, -0.1) is 0 Å². The molecule has 6 aromatic carbocycles. The molecule has 2 atom stereocenters. The lowest BCUT2D eigenvalue weighted by atomic mass is 9.91. The fourth-order valence-corrected chi connectivity index (χ4v) is 6.08. The lowest BCUT2D eigenvalue weighted by Crippen LogP contribution is -2.21. The molecule has 0 heterocycles. The minimum atomic E-state index is -0.134. The van der Waals surface area contributed by atoms with Gasteiger partial charge in [0.15, 0.2) is 0 Å². The highest BCUT2D eigenvalue weighted by atomic mass is 16.2. The topological polar surface area (TPSA) is 58.2 Å². The minimum Gasteiger partial charge on any atom is -0.326 e. The number of carbonyl (C=O) groups is 2. The number of carbonyl (C=O) groups excluding carboxylic acids is 2. The summed E-state index contributed by atoms with van der Waals surface area (Å²) in [6.07, 6.45) is 5.60. The Morgan fingerprint density at radius 2 is 0.530 bits per heavy atom. The van der Waals surface area contributed by atoms with Crippen molar-refractivity contribution >= 4 is 23.2 Å². The first kappa shape index (κ1) is 66.9. The number of rotatable bonds is 14. The Morgan fingerprint density at radius 1 is 0.318 bits per heavy atom. The molecule has 0 aliphatic rings. The molecule has 4 heteroatoms. The van der Waals surface area contributed by atoms with Gasteiger partial charge in [0.1, 0.15) is 0 Å². The number of para-hydroxylation sites is 2. The molecule has 6 rings (SSSR count). The third-order valence-corrected chi connectivity index (χ3v) is 8.72. The van der Waals surface area contributed by atoms with Crippen LogP contribution in [0.3, 0.4) is 0 Å². The zero-order chi connectivity index (χ0) is 50.6. The molecule has 0 fully saturated rings. The summed E-state index contributed by atoms with van der Waals surface area (Å²) in [5, 5.41) is 6.10. The van der Waals surface area contributed by atoms with Crippen molar-refractivity contribution in [1.29, 1.82) is 0 Å². The Hall–Kier alpha value is -5.74. The quantitative estimate of drug-likeness (QED) is 0.114. The number of anilines is 2.